The Hall–Kier alpha value is -2.31. The molecule has 1 N–H and O–H groups in total. The molecule has 1 aromatic heterocycles. The van der Waals surface area contributed by atoms with Crippen molar-refractivity contribution in [2.75, 3.05) is 6.54 Å². The summed E-state index contributed by atoms with van der Waals surface area (Å²) in [5, 5.41) is 6.48. The SMILES string of the molecule is O=C(c1ccc(-c2ncn[nH]2)cc1)N(CC(F)F)C1CC1. The summed E-state index contributed by atoms with van der Waals surface area (Å²) in [7, 11) is 0. The van der Waals surface area contributed by atoms with Gasteiger partial charge in [-0.2, -0.15) is 5.10 Å². The van der Waals surface area contributed by atoms with Crippen molar-refractivity contribution in [2.24, 2.45) is 0 Å². The molecule has 110 valence electrons. The van der Waals surface area contributed by atoms with E-state index in [2.05, 4.69) is 15.2 Å². The molecule has 0 saturated heterocycles. The Labute approximate surface area is 120 Å². The van der Waals surface area contributed by atoms with Crippen LogP contribution in [0, 0.1) is 0 Å². The first kappa shape index (κ1) is 13.7. The van der Waals surface area contributed by atoms with Crippen molar-refractivity contribution in [3.63, 3.8) is 0 Å². The van der Waals surface area contributed by atoms with Crippen LogP contribution in [0.25, 0.3) is 11.4 Å². The van der Waals surface area contributed by atoms with E-state index in [9.17, 15) is 13.6 Å². The molecular formula is C14H14F2N4O. The third-order valence-corrected chi connectivity index (χ3v) is 3.40. The average molecular weight is 292 g/mol. The predicted molar refractivity (Wildman–Crippen MR) is 71.9 cm³/mol. The van der Waals surface area contributed by atoms with E-state index >= 15 is 0 Å². The van der Waals surface area contributed by atoms with E-state index in [1.54, 1.807) is 24.3 Å². The van der Waals surface area contributed by atoms with Crippen molar-refractivity contribution in [3.8, 4) is 11.4 Å². The molecule has 21 heavy (non-hydrogen) atoms. The lowest BCUT2D eigenvalue weighted by Gasteiger charge is -2.22. The maximum Gasteiger partial charge on any atom is 0.255 e. The summed E-state index contributed by atoms with van der Waals surface area (Å²) in [5.41, 5.74) is 1.20. The van der Waals surface area contributed by atoms with Gasteiger partial charge in [0.1, 0.15) is 6.33 Å². The number of alkyl halides is 2. The minimum atomic E-state index is -2.51. The fourth-order valence-corrected chi connectivity index (χ4v) is 2.21. The van der Waals surface area contributed by atoms with E-state index in [1.807, 2.05) is 0 Å². The van der Waals surface area contributed by atoms with Gasteiger partial charge in [-0.15, -0.1) is 0 Å². The van der Waals surface area contributed by atoms with Crippen LogP contribution in [0.4, 0.5) is 8.78 Å². The molecule has 1 aromatic carbocycles. The quantitative estimate of drug-likeness (QED) is 0.920. The van der Waals surface area contributed by atoms with Crippen LogP contribution < -0.4 is 0 Å². The smallest absolute Gasteiger partial charge is 0.255 e. The van der Waals surface area contributed by atoms with Crippen LogP contribution in [-0.2, 0) is 0 Å². The number of carbonyl (C=O) groups excluding carboxylic acids is 1. The van der Waals surface area contributed by atoms with E-state index < -0.39 is 13.0 Å². The number of carbonyl (C=O) groups is 1. The van der Waals surface area contributed by atoms with Crippen LogP contribution in [0.1, 0.15) is 23.2 Å². The van der Waals surface area contributed by atoms with Gasteiger partial charge in [0.2, 0.25) is 0 Å². The molecule has 0 aliphatic heterocycles. The number of H-pyrrole nitrogens is 1. The third-order valence-electron chi connectivity index (χ3n) is 3.40. The molecule has 0 radical (unpaired) electrons. The Morgan fingerprint density at radius 3 is 2.57 bits per heavy atom. The number of nitrogens with zero attached hydrogens (tertiary/aromatic N) is 3. The average Bonchev–Trinajstić information content (AvgIpc) is 3.18. The number of nitrogens with one attached hydrogen (secondary N) is 1. The van der Waals surface area contributed by atoms with Crippen molar-refractivity contribution in [1.82, 2.24) is 20.1 Å². The second-order valence-corrected chi connectivity index (χ2v) is 4.99. The van der Waals surface area contributed by atoms with Gasteiger partial charge in [0.25, 0.3) is 12.3 Å². The molecule has 5 nitrogen and oxygen atoms in total. The summed E-state index contributed by atoms with van der Waals surface area (Å²) in [6, 6.07) is 6.66. The fraction of sp³-hybridized carbons (Fsp3) is 0.357. The highest BCUT2D eigenvalue weighted by Gasteiger charge is 2.34. The van der Waals surface area contributed by atoms with Crippen molar-refractivity contribution in [3.05, 3.63) is 36.2 Å². The molecule has 2 aromatic rings. The lowest BCUT2D eigenvalue weighted by atomic mass is 10.1. The van der Waals surface area contributed by atoms with Gasteiger partial charge < -0.3 is 4.90 Å². The summed E-state index contributed by atoms with van der Waals surface area (Å²) in [5.74, 6) is 0.252. The van der Waals surface area contributed by atoms with E-state index in [4.69, 9.17) is 0 Å². The third kappa shape index (κ3) is 3.07. The minimum Gasteiger partial charge on any atom is -0.330 e. The van der Waals surface area contributed by atoms with Gasteiger partial charge in [0.05, 0.1) is 6.54 Å². The molecule has 7 heteroatoms. The summed E-state index contributed by atoms with van der Waals surface area (Å²) in [4.78, 5) is 17.6. The predicted octanol–water partition coefficient (Wildman–Crippen LogP) is 2.34. The molecule has 1 saturated carbocycles. The number of halogens is 2. The zero-order valence-corrected chi connectivity index (χ0v) is 11.2. The van der Waals surface area contributed by atoms with Crippen LogP contribution in [0.2, 0.25) is 0 Å². The minimum absolute atomic E-state index is 0.0412. The molecular weight excluding hydrogens is 278 g/mol. The van der Waals surface area contributed by atoms with Crippen LogP contribution >= 0.6 is 0 Å². The van der Waals surface area contributed by atoms with Crippen molar-refractivity contribution >= 4 is 5.91 Å². The lowest BCUT2D eigenvalue weighted by Crippen LogP contribution is -2.36. The van der Waals surface area contributed by atoms with E-state index in [1.165, 1.54) is 11.2 Å². The number of hydrogen-bond donors (Lipinski definition) is 1. The number of amides is 1. The highest BCUT2D eigenvalue weighted by atomic mass is 19.3. The summed E-state index contributed by atoms with van der Waals surface area (Å²) >= 11 is 0. The van der Waals surface area contributed by atoms with Crippen LogP contribution in [0.5, 0.6) is 0 Å². The Morgan fingerprint density at radius 1 is 1.33 bits per heavy atom. The first-order chi connectivity index (χ1) is 10.1. The lowest BCUT2D eigenvalue weighted by molar-refractivity contribution is 0.0534. The van der Waals surface area contributed by atoms with Gasteiger partial charge in [-0.1, -0.05) is 12.1 Å². The normalized spacial score (nSPS) is 14.4. The van der Waals surface area contributed by atoms with Crippen LogP contribution in [0.3, 0.4) is 0 Å². The number of benzene rings is 1. The van der Waals surface area contributed by atoms with E-state index in [0.717, 1.165) is 18.4 Å². The van der Waals surface area contributed by atoms with Gasteiger partial charge >= 0.3 is 0 Å². The highest BCUT2D eigenvalue weighted by Crippen LogP contribution is 2.29. The van der Waals surface area contributed by atoms with Gasteiger partial charge in [-0.25, -0.2) is 13.8 Å². The van der Waals surface area contributed by atoms with Crippen molar-refractivity contribution < 1.29 is 13.6 Å². The molecule has 0 bridgehead atoms. The zero-order chi connectivity index (χ0) is 14.8. The molecule has 1 amide bonds. The van der Waals surface area contributed by atoms with E-state index in [0.29, 0.717) is 11.4 Å². The summed E-state index contributed by atoms with van der Waals surface area (Å²) < 4.78 is 25.2. The molecule has 1 aliphatic carbocycles. The van der Waals surface area contributed by atoms with Gasteiger partial charge in [0, 0.05) is 17.2 Å². The molecule has 0 atom stereocenters. The standard InChI is InChI=1S/C14H14F2N4O/c15-12(16)7-20(11-5-6-11)14(21)10-3-1-9(2-4-10)13-17-8-18-19-13/h1-4,8,11-12H,5-7H2,(H,17,18,19). The fourth-order valence-electron chi connectivity index (χ4n) is 2.21. The summed E-state index contributed by atoms with van der Waals surface area (Å²) in [6.45, 7) is -0.507. The maximum atomic E-state index is 12.6. The number of aromatic amines is 1. The monoisotopic (exact) mass is 292 g/mol. The molecule has 3 rings (SSSR count). The second-order valence-electron chi connectivity index (χ2n) is 4.99. The van der Waals surface area contributed by atoms with Gasteiger partial charge in [0.15, 0.2) is 5.82 Å². The summed E-state index contributed by atoms with van der Waals surface area (Å²) in [6.07, 6.45) is 0.484. The van der Waals surface area contributed by atoms with Gasteiger partial charge in [-0.05, 0) is 25.0 Å². The Balaban J connectivity index is 1.77. The Bertz CT molecular complexity index is 608. The zero-order valence-electron chi connectivity index (χ0n) is 11.2. The molecule has 0 unspecified atom stereocenters. The van der Waals surface area contributed by atoms with Crippen LogP contribution in [-0.4, -0.2) is 45.0 Å². The highest BCUT2D eigenvalue weighted by molar-refractivity contribution is 5.95. The van der Waals surface area contributed by atoms with E-state index in [-0.39, 0.29) is 11.9 Å². The number of rotatable bonds is 5. The number of hydrogen-bond acceptors (Lipinski definition) is 3. The van der Waals surface area contributed by atoms with Gasteiger partial charge in [-0.3, -0.25) is 9.89 Å². The Kier molecular flexibility index (Phi) is 3.64. The Morgan fingerprint density at radius 2 is 2.05 bits per heavy atom. The first-order valence-electron chi connectivity index (χ1n) is 6.70. The van der Waals surface area contributed by atoms with Crippen molar-refractivity contribution in [2.45, 2.75) is 25.3 Å². The molecule has 1 fully saturated rings. The van der Waals surface area contributed by atoms with Crippen LogP contribution in [0.15, 0.2) is 30.6 Å². The first-order valence-corrected chi connectivity index (χ1v) is 6.70. The van der Waals surface area contributed by atoms with Crippen molar-refractivity contribution in [1.29, 1.82) is 0 Å². The number of aromatic nitrogens is 3. The topological polar surface area (TPSA) is 61.9 Å². The molecule has 1 heterocycles. The second kappa shape index (κ2) is 5.59. The largest absolute Gasteiger partial charge is 0.330 e. The molecule has 0 spiro atoms. The molecule has 1 aliphatic rings. The maximum absolute atomic E-state index is 12.6.